The minimum absolute atomic E-state index is 0.0180. The summed E-state index contributed by atoms with van der Waals surface area (Å²) in [5.74, 6) is -0.596. The Morgan fingerprint density at radius 1 is 1.21 bits per heavy atom. The number of carbonyl (C=O) groups excluding carboxylic acids is 2. The van der Waals surface area contributed by atoms with Gasteiger partial charge in [0.1, 0.15) is 0 Å². The Labute approximate surface area is 142 Å². The SMILES string of the molecule is Cc1cc(C)cc(NC(=O)C2CC(=O)N(C3CCS(=O)(=O)C3)C2)c1. The summed E-state index contributed by atoms with van der Waals surface area (Å²) >= 11 is 0. The first-order chi connectivity index (χ1) is 11.2. The molecule has 6 nitrogen and oxygen atoms in total. The van der Waals surface area contributed by atoms with Crippen molar-refractivity contribution in [2.24, 2.45) is 5.92 Å². The molecule has 2 aliphatic heterocycles. The van der Waals surface area contributed by atoms with Gasteiger partial charge in [-0.3, -0.25) is 9.59 Å². The van der Waals surface area contributed by atoms with Crippen molar-refractivity contribution < 1.29 is 18.0 Å². The van der Waals surface area contributed by atoms with Crippen LogP contribution in [0.3, 0.4) is 0 Å². The van der Waals surface area contributed by atoms with Gasteiger partial charge in [0.05, 0.1) is 17.4 Å². The molecule has 2 fully saturated rings. The van der Waals surface area contributed by atoms with E-state index < -0.39 is 15.8 Å². The number of likely N-dealkylation sites (tertiary alicyclic amines) is 1. The third kappa shape index (κ3) is 3.61. The van der Waals surface area contributed by atoms with Gasteiger partial charge in [0.2, 0.25) is 11.8 Å². The van der Waals surface area contributed by atoms with Crippen LogP contribution in [0.4, 0.5) is 5.69 Å². The number of rotatable bonds is 3. The van der Waals surface area contributed by atoms with Gasteiger partial charge in [-0.15, -0.1) is 0 Å². The molecule has 3 rings (SSSR count). The van der Waals surface area contributed by atoms with E-state index in [-0.39, 0.29) is 35.8 Å². The van der Waals surface area contributed by atoms with Gasteiger partial charge in [0.15, 0.2) is 9.84 Å². The zero-order valence-electron chi connectivity index (χ0n) is 13.9. The van der Waals surface area contributed by atoms with E-state index in [9.17, 15) is 18.0 Å². The Hall–Kier alpha value is -1.89. The number of aryl methyl sites for hydroxylation is 2. The molecule has 130 valence electrons. The predicted molar refractivity (Wildman–Crippen MR) is 91.4 cm³/mol. The lowest BCUT2D eigenvalue weighted by Gasteiger charge is -2.23. The summed E-state index contributed by atoms with van der Waals surface area (Å²) in [4.78, 5) is 26.2. The Morgan fingerprint density at radius 2 is 1.88 bits per heavy atom. The first-order valence-corrected chi connectivity index (χ1v) is 9.95. The second-order valence-electron chi connectivity index (χ2n) is 6.87. The smallest absolute Gasteiger partial charge is 0.229 e. The highest BCUT2D eigenvalue weighted by molar-refractivity contribution is 7.91. The van der Waals surface area contributed by atoms with E-state index in [1.165, 1.54) is 0 Å². The molecule has 0 bridgehead atoms. The minimum atomic E-state index is -3.05. The number of hydrogen-bond donors (Lipinski definition) is 1. The molecule has 2 amide bonds. The van der Waals surface area contributed by atoms with Crippen molar-refractivity contribution in [1.82, 2.24) is 4.90 Å². The number of sulfone groups is 1. The lowest BCUT2D eigenvalue weighted by atomic mass is 10.1. The third-order valence-electron chi connectivity index (χ3n) is 4.67. The maximum atomic E-state index is 12.5. The molecule has 2 aliphatic rings. The van der Waals surface area contributed by atoms with Crippen molar-refractivity contribution in [3.05, 3.63) is 29.3 Å². The Kier molecular flexibility index (Phi) is 4.38. The van der Waals surface area contributed by atoms with E-state index in [1.54, 1.807) is 4.90 Å². The van der Waals surface area contributed by atoms with E-state index in [2.05, 4.69) is 5.32 Å². The summed E-state index contributed by atoms with van der Waals surface area (Å²) in [6.45, 7) is 4.23. The normalized spacial score (nSPS) is 25.9. The van der Waals surface area contributed by atoms with Crippen LogP contribution in [-0.4, -0.2) is 49.2 Å². The van der Waals surface area contributed by atoms with Crippen molar-refractivity contribution in [2.75, 3.05) is 23.4 Å². The van der Waals surface area contributed by atoms with Gasteiger partial charge in [0, 0.05) is 24.7 Å². The summed E-state index contributed by atoms with van der Waals surface area (Å²) in [6.07, 6.45) is 0.618. The summed E-state index contributed by atoms with van der Waals surface area (Å²) in [5.41, 5.74) is 2.85. The quantitative estimate of drug-likeness (QED) is 0.890. The fourth-order valence-corrected chi connectivity index (χ4v) is 5.30. The lowest BCUT2D eigenvalue weighted by Crippen LogP contribution is -2.38. The zero-order chi connectivity index (χ0) is 17.5. The average Bonchev–Trinajstić information content (AvgIpc) is 3.00. The van der Waals surface area contributed by atoms with Crippen molar-refractivity contribution in [1.29, 1.82) is 0 Å². The molecule has 1 aromatic rings. The highest BCUT2D eigenvalue weighted by Gasteiger charge is 2.41. The van der Waals surface area contributed by atoms with Crippen LogP contribution >= 0.6 is 0 Å². The number of anilines is 1. The van der Waals surface area contributed by atoms with Gasteiger partial charge in [-0.25, -0.2) is 8.42 Å². The maximum absolute atomic E-state index is 12.5. The number of carbonyl (C=O) groups is 2. The summed E-state index contributed by atoms with van der Waals surface area (Å²) in [6, 6.07) is 5.53. The molecule has 7 heteroatoms. The van der Waals surface area contributed by atoms with Gasteiger partial charge >= 0.3 is 0 Å². The molecule has 0 radical (unpaired) electrons. The third-order valence-corrected chi connectivity index (χ3v) is 6.42. The first kappa shape index (κ1) is 17.0. The topological polar surface area (TPSA) is 83.6 Å². The van der Waals surface area contributed by atoms with Gasteiger partial charge < -0.3 is 10.2 Å². The van der Waals surface area contributed by atoms with Crippen molar-refractivity contribution in [2.45, 2.75) is 32.7 Å². The summed E-state index contributed by atoms with van der Waals surface area (Å²) in [7, 11) is -3.05. The van der Waals surface area contributed by atoms with Crippen LogP contribution < -0.4 is 5.32 Å². The molecule has 24 heavy (non-hydrogen) atoms. The largest absolute Gasteiger partial charge is 0.338 e. The van der Waals surface area contributed by atoms with Crippen LogP contribution in [-0.2, 0) is 19.4 Å². The first-order valence-electron chi connectivity index (χ1n) is 8.12. The fourth-order valence-electron chi connectivity index (χ4n) is 3.57. The number of amides is 2. The Balaban J connectivity index is 1.66. The van der Waals surface area contributed by atoms with Crippen LogP contribution in [0, 0.1) is 19.8 Å². The minimum Gasteiger partial charge on any atom is -0.338 e. The fraction of sp³-hybridized carbons (Fsp3) is 0.529. The second-order valence-corrected chi connectivity index (χ2v) is 9.10. The molecular weight excluding hydrogens is 328 g/mol. The van der Waals surface area contributed by atoms with Gasteiger partial charge in [-0.1, -0.05) is 6.07 Å². The van der Waals surface area contributed by atoms with E-state index in [0.29, 0.717) is 13.0 Å². The van der Waals surface area contributed by atoms with E-state index >= 15 is 0 Å². The van der Waals surface area contributed by atoms with Crippen molar-refractivity contribution in [3.8, 4) is 0 Å². The summed E-state index contributed by atoms with van der Waals surface area (Å²) in [5, 5.41) is 2.88. The molecule has 2 unspecified atom stereocenters. The van der Waals surface area contributed by atoms with Crippen molar-refractivity contribution >= 4 is 27.3 Å². The van der Waals surface area contributed by atoms with Gasteiger partial charge in [-0.2, -0.15) is 0 Å². The number of nitrogens with zero attached hydrogens (tertiary/aromatic N) is 1. The average molecular weight is 350 g/mol. The van der Waals surface area contributed by atoms with Crippen LogP contribution in [0.15, 0.2) is 18.2 Å². The van der Waals surface area contributed by atoms with Crippen LogP contribution in [0.2, 0.25) is 0 Å². The monoisotopic (exact) mass is 350 g/mol. The molecular formula is C17H22N2O4S. The molecule has 0 saturated carbocycles. The molecule has 2 atom stereocenters. The lowest BCUT2D eigenvalue weighted by molar-refractivity contribution is -0.129. The number of nitrogens with one attached hydrogen (secondary N) is 1. The zero-order valence-corrected chi connectivity index (χ0v) is 14.7. The molecule has 1 aromatic carbocycles. The van der Waals surface area contributed by atoms with Crippen LogP contribution in [0.25, 0.3) is 0 Å². The molecule has 1 N–H and O–H groups in total. The maximum Gasteiger partial charge on any atom is 0.229 e. The summed E-state index contributed by atoms with van der Waals surface area (Å²) < 4.78 is 23.2. The predicted octanol–water partition coefficient (Wildman–Crippen LogP) is 1.28. The van der Waals surface area contributed by atoms with E-state index in [1.807, 2.05) is 32.0 Å². The molecule has 0 spiro atoms. The van der Waals surface area contributed by atoms with Crippen LogP contribution in [0.5, 0.6) is 0 Å². The molecule has 2 saturated heterocycles. The molecule has 0 aliphatic carbocycles. The van der Waals surface area contributed by atoms with E-state index in [4.69, 9.17) is 0 Å². The molecule has 0 aromatic heterocycles. The number of hydrogen-bond acceptors (Lipinski definition) is 4. The van der Waals surface area contributed by atoms with Crippen LogP contribution in [0.1, 0.15) is 24.0 Å². The Bertz CT molecular complexity index is 768. The van der Waals surface area contributed by atoms with E-state index in [0.717, 1.165) is 16.8 Å². The molecule has 2 heterocycles. The van der Waals surface area contributed by atoms with Crippen molar-refractivity contribution in [3.63, 3.8) is 0 Å². The number of benzene rings is 1. The van der Waals surface area contributed by atoms with Gasteiger partial charge in [0.25, 0.3) is 0 Å². The highest BCUT2D eigenvalue weighted by Crippen LogP contribution is 2.27. The highest BCUT2D eigenvalue weighted by atomic mass is 32.2. The van der Waals surface area contributed by atoms with Gasteiger partial charge in [-0.05, 0) is 43.5 Å². The second kappa shape index (κ2) is 6.20. The Morgan fingerprint density at radius 3 is 2.46 bits per heavy atom. The standard InChI is InChI=1S/C17H22N2O4S/c1-11-5-12(2)7-14(6-11)18-17(21)13-8-16(20)19(9-13)15-3-4-24(22,23)10-15/h5-7,13,15H,3-4,8-10H2,1-2H3,(H,18,21).